The molecule has 2 rings (SSSR count). The molecule has 24 heavy (non-hydrogen) atoms. The van der Waals surface area contributed by atoms with Crippen LogP contribution in [-0.4, -0.2) is 17.7 Å². The van der Waals surface area contributed by atoms with E-state index in [1.165, 1.54) is 0 Å². The molecule has 0 amide bonds. The van der Waals surface area contributed by atoms with Crippen LogP contribution in [0.4, 0.5) is 0 Å². The molecular weight excluding hydrogens is 300 g/mol. The molecule has 124 valence electrons. The first-order valence-corrected chi connectivity index (χ1v) is 8.05. The van der Waals surface area contributed by atoms with Crippen molar-refractivity contribution in [2.24, 2.45) is 0 Å². The van der Waals surface area contributed by atoms with Crippen molar-refractivity contribution in [2.45, 2.75) is 20.3 Å². The van der Waals surface area contributed by atoms with Gasteiger partial charge in [0.25, 0.3) is 0 Å². The van der Waals surface area contributed by atoms with Gasteiger partial charge in [-0.1, -0.05) is 55.5 Å². The lowest BCUT2D eigenvalue weighted by Crippen LogP contribution is -1.99. The normalized spacial score (nSPS) is 11.7. The van der Waals surface area contributed by atoms with Crippen LogP contribution in [0.3, 0.4) is 0 Å². The lowest BCUT2D eigenvalue weighted by Gasteiger charge is -2.07. The summed E-state index contributed by atoms with van der Waals surface area (Å²) in [6.45, 7) is 4.64. The van der Waals surface area contributed by atoms with Gasteiger partial charge >= 0.3 is 5.97 Å². The minimum atomic E-state index is -0.932. The van der Waals surface area contributed by atoms with Crippen LogP contribution in [0.5, 0.6) is 5.75 Å². The van der Waals surface area contributed by atoms with Crippen molar-refractivity contribution in [2.75, 3.05) is 6.61 Å². The fraction of sp³-hybridized carbons (Fsp3) is 0.190. The summed E-state index contributed by atoms with van der Waals surface area (Å²) in [4.78, 5) is 11.4. The highest BCUT2D eigenvalue weighted by atomic mass is 16.5. The molecule has 0 spiro atoms. The Morgan fingerprint density at radius 3 is 2.12 bits per heavy atom. The van der Waals surface area contributed by atoms with E-state index in [0.29, 0.717) is 12.2 Å². The summed E-state index contributed by atoms with van der Waals surface area (Å²) in [6.07, 6.45) is 6.12. The Kier molecular flexibility index (Phi) is 6.38. The van der Waals surface area contributed by atoms with Gasteiger partial charge in [0, 0.05) is 0 Å². The lowest BCUT2D eigenvalue weighted by molar-refractivity contribution is -0.130. The van der Waals surface area contributed by atoms with Gasteiger partial charge in [-0.3, -0.25) is 0 Å². The summed E-state index contributed by atoms with van der Waals surface area (Å²) >= 11 is 0. The summed E-state index contributed by atoms with van der Waals surface area (Å²) in [6, 6.07) is 15.5. The van der Waals surface area contributed by atoms with Crippen molar-refractivity contribution < 1.29 is 14.6 Å². The van der Waals surface area contributed by atoms with Crippen molar-refractivity contribution in [1.29, 1.82) is 0 Å². The standard InChI is InChI=1S/C21H22O3/c1-3-5-6-20(21(22)23)18-9-7-16(8-10-18)17-11-13-19(14-12-17)24-15-4-2/h3,5-14H,4,15H2,1-2H3,(H,22,23). The number of carbonyl (C=O) groups is 1. The van der Waals surface area contributed by atoms with Crippen molar-refractivity contribution in [3.8, 4) is 16.9 Å². The first-order valence-electron chi connectivity index (χ1n) is 8.05. The average Bonchev–Trinajstić information content (AvgIpc) is 2.61. The monoisotopic (exact) mass is 322 g/mol. The highest BCUT2D eigenvalue weighted by Crippen LogP contribution is 2.25. The third-order valence-corrected chi connectivity index (χ3v) is 3.54. The minimum Gasteiger partial charge on any atom is -0.494 e. The van der Waals surface area contributed by atoms with Crippen molar-refractivity contribution in [1.82, 2.24) is 0 Å². The molecule has 0 saturated heterocycles. The Bertz CT molecular complexity index is 723. The van der Waals surface area contributed by atoms with E-state index >= 15 is 0 Å². The molecule has 0 aliphatic carbocycles. The summed E-state index contributed by atoms with van der Waals surface area (Å²) in [5, 5.41) is 9.32. The first kappa shape index (κ1) is 17.5. The Morgan fingerprint density at radius 1 is 1.04 bits per heavy atom. The number of rotatable bonds is 7. The molecular formula is C21H22O3. The zero-order chi connectivity index (χ0) is 17.4. The van der Waals surface area contributed by atoms with Gasteiger partial charge in [-0.25, -0.2) is 4.79 Å². The third kappa shape index (κ3) is 4.59. The second kappa shape index (κ2) is 8.73. The van der Waals surface area contributed by atoms with Gasteiger partial charge in [0.15, 0.2) is 0 Å². The van der Waals surface area contributed by atoms with Gasteiger partial charge in [-0.15, -0.1) is 0 Å². The van der Waals surface area contributed by atoms with E-state index in [2.05, 4.69) is 6.92 Å². The Labute approximate surface area is 142 Å². The Balaban J connectivity index is 2.21. The van der Waals surface area contributed by atoms with Crippen LogP contribution >= 0.6 is 0 Å². The van der Waals surface area contributed by atoms with Gasteiger partial charge in [0.1, 0.15) is 5.75 Å². The molecule has 1 N–H and O–H groups in total. The van der Waals surface area contributed by atoms with E-state index in [9.17, 15) is 9.90 Å². The molecule has 2 aromatic rings. The number of hydrogen-bond donors (Lipinski definition) is 1. The molecule has 0 bridgehead atoms. The summed E-state index contributed by atoms with van der Waals surface area (Å²) < 4.78 is 5.58. The highest BCUT2D eigenvalue weighted by Gasteiger charge is 2.09. The molecule has 3 nitrogen and oxygen atoms in total. The number of carboxylic acid groups (broad SMARTS) is 1. The maximum Gasteiger partial charge on any atom is 0.336 e. The number of carboxylic acids is 1. The van der Waals surface area contributed by atoms with Crippen LogP contribution < -0.4 is 4.74 Å². The van der Waals surface area contributed by atoms with Gasteiger partial charge in [-0.2, -0.15) is 0 Å². The van der Waals surface area contributed by atoms with E-state index in [4.69, 9.17) is 4.74 Å². The number of ether oxygens (including phenoxy) is 1. The van der Waals surface area contributed by atoms with Gasteiger partial charge in [-0.05, 0) is 48.2 Å². The lowest BCUT2D eigenvalue weighted by atomic mass is 10.00. The number of allylic oxidation sites excluding steroid dienone is 3. The number of benzene rings is 2. The Morgan fingerprint density at radius 2 is 1.62 bits per heavy atom. The molecule has 0 fully saturated rings. The molecule has 0 atom stereocenters. The van der Waals surface area contributed by atoms with Crippen LogP contribution in [0, 0.1) is 0 Å². The number of hydrogen-bond acceptors (Lipinski definition) is 2. The van der Waals surface area contributed by atoms with Crippen molar-refractivity contribution in [3.63, 3.8) is 0 Å². The molecule has 0 radical (unpaired) electrons. The van der Waals surface area contributed by atoms with Crippen molar-refractivity contribution in [3.05, 3.63) is 72.3 Å². The van der Waals surface area contributed by atoms with E-state index in [-0.39, 0.29) is 5.57 Å². The largest absolute Gasteiger partial charge is 0.494 e. The Hall–Kier alpha value is -2.81. The second-order valence-corrected chi connectivity index (χ2v) is 5.36. The predicted molar refractivity (Wildman–Crippen MR) is 98.1 cm³/mol. The SMILES string of the molecule is CC=CC=C(C(=O)O)c1ccc(-c2ccc(OCCC)cc2)cc1. The van der Waals surface area contributed by atoms with E-state index in [1.807, 2.05) is 55.5 Å². The molecule has 3 heteroatoms. The fourth-order valence-electron chi connectivity index (χ4n) is 2.29. The summed E-state index contributed by atoms with van der Waals surface area (Å²) in [5.74, 6) is -0.0713. The molecule has 0 aliphatic rings. The molecule has 0 saturated carbocycles. The molecule has 0 aromatic heterocycles. The van der Waals surface area contributed by atoms with Gasteiger partial charge in [0.2, 0.25) is 0 Å². The van der Waals surface area contributed by atoms with E-state index < -0.39 is 5.97 Å². The van der Waals surface area contributed by atoms with Crippen LogP contribution in [-0.2, 0) is 4.79 Å². The average molecular weight is 322 g/mol. The highest BCUT2D eigenvalue weighted by molar-refractivity contribution is 6.15. The topological polar surface area (TPSA) is 46.5 Å². The molecule has 0 unspecified atom stereocenters. The van der Waals surface area contributed by atoms with Crippen LogP contribution in [0.1, 0.15) is 25.8 Å². The quantitative estimate of drug-likeness (QED) is 0.564. The summed E-state index contributed by atoms with van der Waals surface area (Å²) in [7, 11) is 0. The van der Waals surface area contributed by atoms with E-state index in [0.717, 1.165) is 23.3 Å². The maximum atomic E-state index is 11.4. The zero-order valence-electron chi connectivity index (χ0n) is 14.0. The smallest absolute Gasteiger partial charge is 0.336 e. The molecule has 2 aromatic carbocycles. The number of aliphatic carboxylic acids is 1. The summed E-state index contributed by atoms with van der Waals surface area (Å²) in [5.41, 5.74) is 3.08. The minimum absolute atomic E-state index is 0.281. The van der Waals surface area contributed by atoms with Crippen LogP contribution in [0.25, 0.3) is 16.7 Å². The van der Waals surface area contributed by atoms with Crippen LogP contribution in [0.15, 0.2) is 66.8 Å². The van der Waals surface area contributed by atoms with E-state index in [1.54, 1.807) is 18.2 Å². The third-order valence-electron chi connectivity index (χ3n) is 3.54. The van der Waals surface area contributed by atoms with Crippen molar-refractivity contribution >= 4 is 11.5 Å². The van der Waals surface area contributed by atoms with Gasteiger partial charge in [0.05, 0.1) is 12.2 Å². The fourth-order valence-corrected chi connectivity index (χ4v) is 2.29. The maximum absolute atomic E-state index is 11.4. The molecule has 0 aliphatic heterocycles. The van der Waals surface area contributed by atoms with Gasteiger partial charge < -0.3 is 9.84 Å². The predicted octanol–water partition coefficient (Wildman–Crippen LogP) is 5.19. The zero-order valence-corrected chi connectivity index (χ0v) is 14.0. The second-order valence-electron chi connectivity index (χ2n) is 5.36. The first-order chi connectivity index (χ1) is 11.7. The molecule has 0 heterocycles. The van der Waals surface area contributed by atoms with Crippen LogP contribution in [0.2, 0.25) is 0 Å².